The summed E-state index contributed by atoms with van der Waals surface area (Å²) in [6, 6.07) is 2.02. The van der Waals surface area contributed by atoms with Crippen molar-refractivity contribution in [2.75, 3.05) is 6.61 Å². The number of halogens is 1. The first-order valence-corrected chi connectivity index (χ1v) is 10.3. The number of rotatable bonds is 4. The molecule has 0 aliphatic heterocycles. The second-order valence-electron chi connectivity index (χ2n) is 8.79. The predicted molar refractivity (Wildman–Crippen MR) is 103 cm³/mol. The Morgan fingerprint density at radius 1 is 1.12 bits per heavy atom. The van der Waals surface area contributed by atoms with E-state index in [1.165, 1.54) is 44.1 Å². The third-order valence-corrected chi connectivity index (χ3v) is 7.98. The maximum atomic E-state index is 12.6. The van der Waals surface area contributed by atoms with Crippen LogP contribution in [0.5, 0.6) is 5.75 Å². The van der Waals surface area contributed by atoms with Crippen LogP contribution in [0.2, 0.25) is 0 Å². The van der Waals surface area contributed by atoms with Gasteiger partial charge in [-0.25, -0.2) is 0 Å². The molecule has 4 aliphatic carbocycles. The summed E-state index contributed by atoms with van der Waals surface area (Å²) in [7, 11) is 0. The number of hydrogen-bond acceptors (Lipinski definition) is 2. The lowest BCUT2D eigenvalue weighted by molar-refractivity contribution is -0.128. The van der Waals surface area contributed by atoms with E-state index in [1.807, 2.05) is 13.0 Å². The molecule has 0 heterocycles. The first-order chi connectivity index (χ1) is 11.8. The van der Waals surface area contributed by atoms with Gasteiger partial charge in [0.2, 0.25) is 0 Å². The quantitative estimate of drug-likeness (QED) is 0.777. The standard InChI is InChI=1S/C21H28BrNO2/c1-12-4-18(13(2)14(3)20(12)22)25-11-19(24)23-21-8-15-5-16(9-21)7-17(6-15)10-21/h4,15-17H,5-11H2,1-3H3,(H,23,24). The molecule has 0 aromatic heterocycles. The summed E-state index contributed by atoms with van der Waals surface area (Å²) in [4.78, 5) is 12.6. The topological polar surface area (TPSA) is 38.3 Å². The number of hydrogen-bond donors (Lipinski definition) is 1. The summed E-state index contributed by atoms with van der Waals surface area (Å²) in [5, 5.41) is 3.38. The fourth-order valence-corrected chi connectivity index (χ4v) is 6.31. The van der Waals surface area contributed by atoms with Gasteiger partial charge in [-0.05, 0) is 99.8 Å². The fraction of sp³-hybridized carbons (Fsp3) is 0.667. The van der Waals surface area contributed by atoms with Crippen molar-refractivity contribution in [3.8, 4) is 5.75 Å². The summed E-state index contributed by atoms with van der Waals surface area (Å²) in [6.45, 7) is 6.29. The molecule has 4 aliphatic rings. The van der Waals surface area contributed by atoms with Gasteiger partial charge in [-0.2, -0.15) is 0 Å². The third kappa shape index (κ3) is 3.22. The second-order valence-corrected chi connectivity index (χ2v) is 9.58. The summed E-state index contributed by atoms with van der Waals surface area (Å²) in [5.74, 6) is 3.38. The van der Waals surface area contributed by atoms with E-state index in [2.05, 4.69) is 35.1 Å². The van der Waals surface area contributed by atoms with E-state index in [-0.39, 0.29) is 18.1 Å². The van der Waals surface area contributed by atoms with Gasteiger partial charge in [0.05, 0.1) is 0 Å². The Labute approximate surface area is 159 Å². The van der Waals surface area contributed by atoms with Gasteiger partial charge in [0.15, 0.2) is 6.61 Å². The Kier molecular flexibility index (Phi) is 4.38. The second kappa shape index (κ2) is 6.29. The van der Waals surface area contributed by atoms with Crippen LogP contribution in [0.4, 0.5) is 0 Å². The fourth-order valence-electron chi connectivity index (χ4n) is 5.90. The largest absolute Gasteiger partial charge is 0.483 e. The molecule has 136 valence electrons. The van der Waals surface area contributed by atoms with Crippen molar-refractivity contribution >= 4 is 21.8 Å². The van der Waals surface area contributed by atoms with E-state index < -0.39 is 0 Å². The van der Waals surface area contributed by atoms with E-state index in [0.29, 0.717) is 0 Å². The maximum absolute atomic E-state index is 12.6. The van der Waals surface area contributed by atoms with Gasteiger partial charge in [0, 0.05) is 10.0 Å². The molecule has 4 saturated carbocycles. The molecule has 0 unspecified atom stereocenters. The molecule has 1 aromatic rings. The lowest BCUT2D eigenvalue weighted by Gasteiger charge is -2.56. The zero-order valence-corrected chi connectivity index (χ0v) is 17.0. The van der Waals surface area contributed by atoms with Crippen LogP contribution in [0.1, 0.15) is 55.2 Å². The smallest absolute Gasteiger partial charge is 0.258 e. The minimum Gasteiger partial charge on any atom is -0.483 e. The molecule has 1 N–H and O–H groups in total. The number of carbonyl (C=O) groups excluding carboxylic acids is 1. The van der Waals surface area contributed by atoms with Crippen LogP contribution in [0.25, 0.3) is 0 Å². The number of ether oxygens (including phenoxy) is 1. The Balaban J connectivity index is 1.40. The van der Waals surface area contributed by atoms with E-state index in [1.54, 1.807) is 0 Å². The Bertz CT molecular complexity index is 677. The average Bonchev–Trinajstić information content (AvgIpc) is 2.53. The van der Waals surface area contributed by atoms with Crippen molar-refractivity contribution < 1.29 is 9.53 Å². The molecule has 1 aromatic carbocycles. The first-order valence-electron chi connectivity index (χ1n) is 9.55. The van der Waals surface area contributed by atoms with Crippen LogP contribution < -0.4 is 10.1 Å². The number of nitrogens with one attached hydrogen (secondary N) is 1. The van der Waals surface area contributed by atoms with Gasteiger partial charge < -0.3 is 10.1 Å². The Morgan fingerprint density at radius 3 is 2.24 bits per heavy atom. The lowest BCUT2D eigenvalue weighted by Crippen LogP contribution is -2.60. The first kappa shape index (κ1) is 17.4. The summed E-state index contributed by atoms with van der Waals surface area (Å²) in [6.07, 6.45) is 7.72. The van der Waals surface area contributed by atoms with Crippen molar-refractivity contribution in [3.05, 3.63) is 27.2 Å². The van der Waals surface area contributed by atoms with E-state index in [4.69, 9.17) is 4.74 Å². The number of carbonyl (C=O) groups is 1. The number of benzene rings is 1. The minimum atomic E-state index is 0.0413. The number of amides is 1. The molecule has 4 heteroatoms. The zero-order valence-electron chi connectivity index (χ0n) is 15.5. The monoisotopic (exact) mass is 405 g/mol. The summed E-state index contributed by atoms with van der Waals surface area (Å²) < 4.78 is 7.02. The molecule has 1 amide bonds. The Morgan fingerprint density at radius 2 is 1.68 bits per heavy atom. The average molecular weight is 406 g/mol. The molecular weight excluding hydrogens is 378 g/mol. The van der Waals surface area contributed by atoms with Gasteiger partial charge >= 0.3 is 0 Å². The lowest BCUT2D eigenvalue weighted by atomic mass is 9.53. The minimum absolute atomic E-state index is 0.0413. The third-order valence-electron chi connectivity index (χ3n) is 6.76. The van der Waals surface area contributed by atoms with Crippen LogP contribution >= 0.6 is 15.9 Å². The van der Waals surface area contributed by atoms with Crippen LogP contribution in [0.3, 0.4) is 0 Å². The summed E-state index contributed by atoms with van der Waals surface area (Å²) >= 11 is 3.61. The molecule has 0 spiro atoms. The van der Waals surface area contributed by atoms with Gasteiger partial charge in [0.25, 0.3) is 5.91 Å². The zero-order chi connectivity index (χ0) is 17.8. The predicted octanol–water partition coefficient (Wildman–Crippen LogP) is 4.84. The molecule has 4 fully saturated rings. The van der Waals surface area contributed by atoms with Gasteiger partial charge in [0.1, 0.15) is 5.75 Å². The van der Waals surface area contributed by atoms with Gasteiger partial charge in [-0.15, -0.1) is 0 Å². The van der Waals surface area contributed by atoms with Crippen molar-refractivity contribution in [2.24, 2.45) is 17.8 Å². The molecule has 0 radical (unpaired) electrons. The van der Waals surface area contributed by atoms with Crippen molar-refractivity contribution in [2.45, 2.75) is 64.8 Å². The molecule has 25 heavy (non-hydrogen) atoms. The van der Waals surface area contributed by atoms with Crippen LogP contribution in [-0.4, -0.2) is 18.1 Å². The van der Waals surface area contributed by atoms with Crippen LogP contribution in [0.15, 0.2) is 10.5 Å². The highest BCUT2D eigenvalue weighted by Gasteiger charge is 2.51. The van der Waals surface area contributed by atoms with E-state index >= 15 is 0 Å². The van der Waals surface area contributed by atoms with E-state index in [9.17, 15) is 4.79 Å². The molecule has 3 nitrogen and oxygen atoms in total. The molecule has 5 rings (SSSR count). The Hall–Kier alpha value is -1.03. The van der Waals surface area contributed by atoms with Crippen LogP contribution in [-0.2, 0) is 4.79 Å². The van der Waals surface area contributed by atoms with E-state index in [0.717, 1.165) is 39.1 Å². The maximum Gasteiger partial charge on any atom is 0.258 e. The summed E-state index contributed by atoms with van der Waals surface area (Å²) in [5.41, 5.74) is 3.48. The van der Waals surface area contributed by atoms with Crippen LogP contribution in [0, 0.1) is 38.5 Å². The normalized spacial score (nSPS) is 32.7. The molecule has 4 bridgehead atoms. The molecular formula is C21H28BrNO2. The van der Waals surface area contributed by atoms with Gasteiger partial charge in [-0.1, -0.05) is 15.9 Å². The highest BCUT2D eigenvalue weighted by atomic mass is 79.9. The van der Waals surface area contributed by atoms with Crippen molar-refractivity contribution in [1.82, 2.24) is 5.32 Å². The van der Waals surface area contributed by atoms with Gasteiger partial charge in [-0.3, -0.25) is 4.79 Å². The molecule has 0 saturated heterocycles. The van der Waals surface area contributed by atoms with Crippen molar-refractivity contribution in [3.63, 3.8) is 0 Å². The highest BCUT2D eigenvalue weighted by Crippen LogP contribution is 2.55. The number of aryl methyl sites for hydroxylation is 1. The SMILES string of the molecule is Cc1cc(OCC(=O)NC23CC4CC(CC(C4)C2)C3)c(C)c(C)c1Br. The molecule has 0 atom stereocenters. The highest BCUT2D eigenvalue weighted by molar-refractivity contribution is 9.10. The van der Waals surface area contributed by atoms with Crippen molar-refractivity contribution in [1.29, 1.82) is 0 Å².